The van der Waals surface area contributed by atoms with Gasteiger partial charge in [-0.15, -0.1) is 11.3 Å². The van der Waals surface area contributed by atoms with Crippen molar-refractivity contribution in [2.75, 3.05) is 29.6 Å². The Kier molecular flexibility index (Phi) is 4.21. The van der Waals surface area contributed by atoms with Crippen LogP contribution in [0.25, 0.3) is 0 Å². The van der Waals surface area contributed by atoms with Gasteiger partial charge in [0.1, 0.15) is 25.2 Å². The molecule has 3 aromatic rings. The normalized spacial score (nSPS) is 12.7. The molecular weight excluding hydrogens is 352 g/mol. The van der Waals surface area contributed by atoms with E-state index >= 15 is 0 Å². The molecule has 0 amide bonds. The molecule has 3 heterocycles. The second-order valence-electron chi connectivity index (χ2n) is 5.75. The van der Waals surface area contributed by atoms with Gasteiger partial charge in [-0.2, -0.15) is 0 Å². The van der Waals surface area contributed by atoms with Gasteiger partial charge < -0.3 is 25.8 Å². The zero-order chi connectivity index (χ0) is 18.1. The van der Waals surface area contributed by atoms with Gasteiger partial charge in [-0.25, -0.2) is 15.0 Å². The number of fused-ring (bicyclic) bond motifs is 1. The highest BCUT2D eigenvalue weighted by Gasteiger charge is 2.14. The number of hydrogen-bond donors (Lipinski definition) is 3. The number of rotatable bonds is 4. The summed E-state index contributed by atoms with van der Waals surface area (Å²) in [5.41, 5.74) is 8.43. The molecule has 0 spiro atoms. The van der Waals surface area contributed by atoms with Crippen molar-refractivity contribution in [1.82, 2.24) is 15.0 Å². The Morgan fingerprint density at radius 3 is 2.50 bits per heavy atom. The van der Waals surface area contributed by atoms with Crippen molar-refractivity contribution in [3.63, 3.8) is 0 Å². The molecule has 2 aromatic heterocycles. The topological polar surface area (TPSA) is 107 Å². The van der Waals surface area contributed by atoms with E-state index in [-0.39, 0.29) is 0 Å². The molecule has 4 N–H and O–H groups in total. The van der Waals surface area contributed by atoms with Crippen LogP contribution in [-0.4, -0.2) is 28.2 Å². The fraction of sp³-hybridized carbons (Fsp3) is 0.235. The Hall–Kier alpha value is -3.07. The zero-order valence-corrected chi connectivity index (χ0v) is 15.2. The number of anilines is 5. The summed E-state index contributed by atoms with van der Waals surface area (Å²) >= 11 is 1.55. The number of benzene rings is 1. The molecule has 0 aliphatic carbocycles. The van der Waals surface area contributed by atoms with E-state index < -0.39 is 0 Å². The SMILES string of the molecule is Cc1nc(Nc2ncnc(Nc3ccc4c(c3)OCCO4)c2N)sc1C. The molecule has 0 saturated heterocycles. The lowest BCUT2D eigenvalue weighted by molar-refractivity contribution is 0.171. The van der Waals surface area contributed by atoms with Crippen molar-refractivity contribution >= 4 is 39.5 Å². The first kappa shape index (κ1) is 16.4. The molecule has 1 aromatic carbocycles. The van der Waals surface area contributed by atoms with Crippen molar-refractivity contribution in [3.05, 3.63) is 35.1 Å². The van der Waals surface area contributed by atoms with Crippen molar-refractivity contribution in [1.29, 1.82) is 0 Å². The average molecular weight is 370 g/mol. The third kappa shape index (κ3) is 3.21. The molecule has 0 saturated carbocycles. The van der Waals surface area contributed by atoms with E-state index in [0.717, 1.165) is 27.1 Å². The number of nitrogens with two attached hydrogens (primary N) is 1. The predicted molar refractivity (Wildman–Crippen MR) is 102 cm³/mol. The van der Waals surface area contributed by atoms with Crippen molar-refractivity contribution in [3.8, 4) is 11.5 Å². The highest BCUT2D eigenvalue weighted by Crippen LogP contribution is 2.35. The second kappa shape index (κ2) is 6.68. The molecule has 0 fully saturated rings. The largest absolute Gasteiger partial charge is 0.486 e. The maximum atomic E-state index is 6.23. The highest BCUT2D eigenvalue weighted by atomic mass is 32.1. The monoisotopic (exact) mass is 370 g/mol. The maximum absolute atomic E-state index is 6.23. The summed E-state index contributed by atoms with van der Waals surface area (Å²) < 4.78 is 11.1. The zero-order valence-electron chi connectivity index (χ0n) is 14.4. The summed E-state index contributed by atoms with van der Waals surface area (Å²) in [7, 11) is 0. The van der Waals surface area contributed by atoms with E-state index in [1.54, 1.807) is 11.3 Å². The Labute approximate surface area is 154 Å². The fourth-order valence-corrected chi connectivity index (χ4v) is 3.29. The molecule has 1 aliphatic rings. The first-order valence-electron chi connectivity index (χ1n) is 8.08. The lowest BCUT2D eigenvalue weighted by Gasteiger charge is -2.19. The number of aryl methyl sites for hydroxylation is 2. The number of nitrogens with one attached hydrogen (secondary N) is 2. The van der Waals surface area contributed by atoms with Crippen LogP contribution in [-0.2, 0) is 0 Å². The lowest BCUT2D eigenvalue weighted by Crippen LogP contribution is -2.15. The molecule has 0 bridgehead atoms. The molecule has 0 unspecified atom stereocenters. The lowest BCUT2D eigenvalue weighted by atomic mass is 10.2. The molecule has 4 rings (SSSR count). The summed E-state index contributed by atoms with van der Waals surface area (Å²) in [6.45, 7) is 5.09. The van der Waals surface area contributed by atoms with E-state index in [0.29, 0.717) is 36.3 Å². The third-order valence-corrected chi connectivity index (χ3v) is 4.93. The Bertz CT molecular complexity index is 939. The molecule has 9 heteroatoms. The van der Waals surface area contributed by atoms with Crippen LogP contribution >= 0.6 is 11.3 Å². The molecule has 1 aliphatic heterocycles. The van der Waals surface area contributed by atoms with Crippen molar-refractivity contribution in [2.24, 2.45) is 0 Å². The van der Waals surface area contributed by atoms with Crippen LogP contribution in [0.4, 0.5) is 28.1 Å². The van der Waals surface area contributed by atoms with Gasteiger partial charge in [-0.05, 0) is 26.0 Å². The Morgan fingerprint density at radius 1 is 1.04 bits per heavy atom. The molecular formula is C17H18N6O2S. The average Bonchev–Trinajstić information content (AvgIpc) is 2.96. The van der Waals surface area contributed by atoms with Gasteiger partial charge >= 0.3 is 0 Å². The van der Waals surface area contributed by atoms with Crippen LogP contribution < -0.4 is 25.8 Å². The smallest absolute Gasteiger partial charge is 0.188 e. The minimum Gasteiger partial charge on any atom is -0.486 e. The van der Waals surface area contributed by atoms with Crippen LogP contribution in [0.2, 0.25) is 0 Å². The third-order valence-electron chi connectivity index (χ3n) is 3.94. The first-order valence-corrected chi connectivity index (χ1v) is 8.90. The van der Waals surface area contributed by atoms with Gasteiger partial charge in [0.25, 0.3) is 0 Å². The molecule has 26 heavy (non-hydrogen) atoms. The van der Waals surface area contributed by atoms with Gasteiger partial charge in [0.2, 0.25) is 0 Å². The van der Waals surface area contributed by atoms with Gasteiger partial charge in [0, 0.05) is 16.6 Å². The summed E-state index contributed by atoms with van der Waals surface area (Å²) in [5, 5.41) is 7.10. The highest BCUT2D eigenvalue weighted by molar-refractivity contribution is 7.15. The fourth-order valence-electron chi connectivity index (χ4n) is 2.48. The second-order valence-corrected chi connectivity index (χ2v) is 6.96. The molecule has 0 radical (unpaired) electrons. The minimum absolute atomic E-state index is 0.410. The molecule has 8 nitrogen and oxygen atoms in total. The maximum Gasteiger partial charge on any atom is 0.188 e. The van der Waals surface area contributed by atoms with Gasteiger partial charge in [-0.1, -0.05) is 0 Å². The quantitative estimate of drug-likeness (QED) is 0.641. The van der Waals surface area contributed by atoms with E-state index in [1.165, 1.54) is 6.33 Å². The summed E-state index contributed by atoms with van der Waals surface area (Å²) in [6, 6.07) is 5.60. The van der Waals surface area contributed by atoms with E-state index in [1.807, 2.05) is 32.0 Å². The summed E-state index contributed by atoms with van der Waals surface area (Å²) in [4.78, 5) is 14.1. The van der Waals surface area contributed by atoms with Crippen LogP contribution in [0.1, 0.15) is 10.6 Å². The van der Waals surface area contributed by atoms with Crippen LogP contribution in [0.15, 0.2) is 24.5 Å². The number of aromatic nitrogens is 3. The standard InChI is InChI=1S/C17H18N6O2S/c1-9-10(2)26-17(21-9)23-16-14(18)15(19-8-20-16)22-11-3-4-12-13(7-11)25-6-5-24-12/h3-4,7-8H,5-6,18H2,1-2H3,(H2,19,20,21,22,23). The van der Waals surface area contributed by atoms with Crippen molar-refractivity contribution in [2.45, 2.75) is 13.8 Å². The van der Waals surface area contributed by atoms with Gasteiger partial charge in [0.05, 0.1) is 5.69 Å². The van der Waals surface area contributed by atoms with Crippen LogP contribution in [0, 0.1) is 13.8 Å². The minimum atomic E-state index is 0.410. The predicted octanol–water partition coefficient (Wildman–Crippen LogP) is 3.39. The van der Waals surface area contributed by atoms with Gasteiger partial charge in [0.15, 0.2) is 28.3 Å². The van der Waals surface area contributed by atoms with E-state index in [9.17, 15) is 0 Å². The number of thiazole rings is 1. The molecule has 134 valence electrons. The Morgan fingerprint density at radius 2 is 1.77 bits per heavy atom. The van der Waals surface area contributed by atoms with E-state index in [2.05, 4.69) is 25.6 Å². The Balaban J connectivity index is 1.57. The van der Waals surface area contributed by atoms with Gasteiger partial charge in [-0.3, -0.25) is 0 Å². The van der Waals surface area contributed by atoms with Crippen LogP contribution in [0.5, 0.6) is 11.5 Å². The summed E-state index contributed by atoms with van der Waals surface area (Å²) in [6.07, 6.45) is 1.45. The van der Waals surface area contributed by atoms with Crippen molar-refractivity contribution < 1.29 is 9.47 Å². The number of nitrogen functional groups attached to an aromatic ring is 1. The number of nitrogens with zero attached hydrogens (tertiary/aromatic N) is 3. The first-order chi connectivity index (χ1) is 12.6. The summed E-state index contributed by atoms with van der Waals surface area (Å²) in [5.74, 6) is 2.44. The number of ether oxygens (including phenoxy) is 2. The van der Waals surface area contributed by atoms with E-state index in [4.69, 9.17) is 15.2 Å². The van der Waals surface area contributed by atoms with Crippen LogP contribution in [0.3, 0.4) is 0 Å². The molecule has 0 atom stereocenters. The number of hydrogen-bond acceptors (Lipinski definition) is 9.